The number of methoxy groups -OCH3 is 1. The smallest absolute Gasteiger partial charge is 0.259 e. The molecule has 0 atom stereocenters. The number of hydrogen-bond donors (Lipinski definition) is 2. The molecule has 0 saturated heterocycles. The van der Waals surface area contributed by atoms with Gasteiger partial charge in [-0.05, 0) is 48.5 Å². The van der Waals surface area contributed by atoms with E-state index in [1.807, 2.05) is 48.1 Å². The summed E-state index contributed by atoms with van der Waals surface area (Å²) in [4.78, 5) is 17.4. The zero-order chi connectivity index (χ0) is 20.4. The van der Waals surface area contributed by atoms with E-state index in [4.69, 9.17) is 16.3 Å². The normalized spacial score (nSPS) is 10.4. The molecule has 0 bridgehead atoms. The van der Waals surface area contributed by atoms with Gasteiger partial charge in [0, 0.05) is 41.2 Å². The van der Waals surface area contributed by atoms with Crippen LogP contribution in [0.3, 0.4) is 0 Å². The number of benzene rings is 2. The molecule has 2 aromatic heterocycles. The average Bonchev–Trinajstić information content (AvgIpc) is 3.11. The Bertz CT molecular complexity index is 1190. The summed E-state index contributed by atoms with van der Waals surface area (Å²) in [5.41, 5.74) is 2.78. The van der Waals surface area contributed by atoms with E-state index >= 15 is 0 Å². The molecule has 2 N–H and O–H groups in total. The first kappa shape index (κ1) is 21.5. The zero-order valence-corrected chi connectivity index (χ0v) is 17.9. The highest BCUT2D eigenvalue weighted by Crippen LogP contribution is 2.29. The van der Waals surface area contributed by atoms with E-state index in [1.54, 1.807) is 37.6 Å². The van der Waals surface area contributed by atoms with Crippen molar-refractivity contribution in [2.24, 2.45) is 7.05 Å². The number of carbonyl (C=O) groups excluding carboxylic acids is 1. The maximum atomic E-state index is 12.9. The van der Waals surface area contributed by atoms with Gasteiger partial charge in [-0.2, -0.15) is 0 Å². The summed E-state index contributed by atoms with van der Waals surface area (Å²) >= 11 is 6.07. The lowest BCUT2D eigenvalue weighted by molar-refractivity contribution is 0.102. The summed E-state index contributed by atoms with van der Waals surface area (Å²) in [6.45, 7) is 0. The Labute approximate surface area is 185 Å². The first-order chi connectivity index (χ1) is 14.0. The zero-order valence-electron chi connectivity index (χ0n) is 16.3. The van der Waals surface area contributed by atoms with Crippen LogP contribution in [0.1, 0.15) is 10.4 Å². The lowest BCUT2D eigenvalue weighted by atomic mass is 10.1. The highest BCUT2D eigenvalue weighted by molar-refractivity contribution is 6.30. The Morgan fingerprint density at radius 1 is 1.10 bits per heavy atom. The molecule has 4 rings (SSSR count). The third-order valence-corrected chi connectivity index (χ3v) is 4.82. The predicted molar refractivity (Wildman–Crippen MR) is 124 cm³/mol. The second-order valence-electron chi connectivity index (χ2n) is 6.53. The molecule has 0 aliphatic rings. The van der Waals surface area contributed by atoms with E-state index in [1.165, 1.54) is 0 Å². The summed E-state index contributed by atoms with van der Waals surface area (Å²) in [5, 5.41) is 7.66. The number of rotatable bonds is 5. The molecule has 30 heavy (non-hydrogen) atoms. The maximum Gasteiger partial charge on any atom is 0.259 e. The molecule has 4 aromatic rings. The van der Waals surface area contributed by atoms with Crippen LogP contribution < -0.4 is 15.4 Å². The van der Waals surface area contributed by atoms with E-state index in [0.717, 1.165) is 22.3 Å². The van der Waals surface area contributed by atoms with Crippen molar-refractivity contribution in [3.63, 3.8) is 0 Å². The lowest BCUT2D eigenvalue weighted by Gasteiger charge is -2.12. The van der Waals surface area contributed by atoms with Gasteiger partial charge in [-0.3, -0.25) is 4.79 Å². The molecule has 0 aliphatic heterocycles. The van der Waals surface area contributed by atoms with Crippen LogP contribution in [0, 0.1) is 0 Å². The molecule has 0 radical (unpaired) electrons. The van der Waals surface area contributed by atoms with Gasteiger partial charge in [0.1, 0.15) is 11.6 Å². The van der Waals surface area contributed by atoms with E-state index < -0.39 is 0 Å². The fraction of sp³-hybridized carbons (Fsp3) is 0.0909. The van der Waals surface area contributed by atoms with Crippen molar-refractivity contribution in [1.82, 2.24) is 9.55 Å². The second-order valence-corrected chi connectivity index (χ2v) is 6.96. The first-order valence-corrected chi connectivity index (χ1v) is 9.35. The predicted octanol–water partition coefficient (Wildman–Crippen LogP) is 5.65. The van der Waals surface area contributed by atoms with Crippen molar-refractivity contribution >= 4 is 58.0 Å². The van der Waals surface area contributed by atoms with Crippen LogP contribution in [0.2, 0.25) is 5.02 Å². The summed E-state index contributed by atoms with van der Waals surface area (Å²) in [7, 11) is 3.50. The van der Waals surface area contributed by atoms with Gasteiger partial charge in [0.25, 0.3) is 5.91 Å². The topological polar surface area (TPSA) is 68.2 Å². The molecule has 0 unspecified atom stereocenters. The van der Waals surface area contributed by atoms with Crippen LogP contribution in [0.5, 0.6) is 5.75 Å². The molecule has 2 aromatic carbocycles. The molecule has 154 valence electrons. The summed E-state index contributed by atoms with van der Waals surface area (Å²) in [5.74, 6) is 1.15. The van der Waals surface area contributed by atoms with Crippen LogP contribution in [0.25, 0.3) is 10.9 Å². The number of aromatic nitrogens is 2. The number of carbonyl (C=O) groups is 1. The van der Waals surface area contributed by atoms with Crippen molar-refractivity contribution in [2.45, 2.75) is 0 Å². The van der Waals surface area contributed by atoms with Crippen LogP contribution in [0.4, 0.5) is 17.2 Å². The van der Waals surface area contributed by atoms with E-state index in [2.05, 4.69) is 15.6 Å². The van der Waals surface area contributed by atoms with Gasteiger partial charge in [0.2, 0.25) is 0 Å². The van der Waals surface area contributed by atoms with Crippen molar-refractivity contribution in [3.8, 4) is 5.75 Å². The number of nitrogens with one attached hydrogen (secondary N) is 2. The van der Waals surface area contributed by atoms with Gasteiger partial charge in [-0.25, -0.2) is 4.98 Å². The van der Waals surface area contributed by atoms with Gasteiger partial charge >= 0.3 is 0 Å². The Morgan fingerprint density at radius 3 is 2.57 bits per heavy atom. The molecule has 6 nitrogen and oxygen atoms in total. The number of ether oxygens (including phenoxy) is 1. The number of anilines is 3. The SMILES string of the molecule is COc1ccc(NC(=O)c2cnc(Nc3cccc(Cl)c3)c3ccn(C)c23)cc1.Cl. The van der Waals surface area contributed by atoms with Gasteiger partial charge in [0.05, 0.1) is 18.2 Å². The number of halogens is 2. The quantitative estimate of drug-likeness (QED) is 0.418. The molecule has 2 heterocycles. The average molecular weight is 443 g/mol. The third-order valence-electron chi connectivity index (χ3n) is 4.59. The Hall–Kier alpha value is -3.22. The number of nitrogens with zero attached hydrogens (tertiary/aromatic N) is 2. The maximum absolute atomic E-state index is 12.9. The van der Waals surface area contributed by atoms with Crippen molar-refractivity contribution in [1.29, 1.82) is 0 Å². The molecular weight excluding hydrogens is 423 g/mol. The van der Waals surface area contributed by atoms with E-state index in [0.29, 0.717) is 22.1 Å². The highest BCUT2D eigenvalue weighted by Gasteiger charge is 2.17. The molecule has 1 amide bonds. The van der Waals surface area contributed by atoms with Crippen molar-refractivity contribution in [2.75, 3.05) is 17.7 Å². The molecule has 0 aliphatic carbocycles. The summed E-state index contributed by atoms with van der Waals surface area (Å²) in [6, 6.07) is 16.5. The molecule has 8 heteroatoms. The van der Waals surface area contributed by atoms with Crippen LogP contribution in [-0.4, -0.2) is 22.6 Å². The second kappa shape index (κ2) is 9.07. The van der Waals surface area contributed by atoms with Crippen LogP contribution in [-0.2, 0) is 7.05 Å². The standard InChI is InChI=1S/C22H19ClN4O2.ClH/c1-27-11-10-18-20(27)19(22(28)26-15-6-8-17(29-2)9-7-15)13-24-21(18)25-16-5-3-4-14(23)12-16;/h3-13H,1-2H3,(H,24,25)(H,26,28);1H. The van der Waals surface area contributed by atoms with Crippen molar-refractivity contribution < 1.29 is 9.53 Å². The van der Waals surface area contributed by atoms with Crippen molar-refractivity contribution in [3.05, 3.63) is 77.6 Å². The summed E-state index contributed by atoms with van der Waals surface area (Å²) in [6.07, 6.45) is 3.48. The van der Waals surface area contributed by atoms with Gasteiger partial charge in [0.15, 0.2) is 0 Å². The Balaban J connectivity index is 0.00000256. The molecule has 0 spiro atoms. The van der Waals surface area contributed by atoms with Gasteiger partial charge < -0.3 is 19.9 Å². The minimum atomic E-state index is -0.233. The molecular formula is C22H20Cl2N4O2. The number of hydrogen-bond acceptors (Lipinski definition) is 4. The van der Waals surface area contributed by atoms with Crippen LogP contribution >= 0.6 is 24.0 Å². The third kappa shape index (κ3) is 4.35. The number of fused-ring (bicyclic) bond motifs is 1. The molecule has 0 fully saturated rings. The number of aryl methyl sites for hydroxylation is 1. The highest BCUT2D eigenvalue weighted by atomic mass is 35.5. The largest absolute Gasteiger partial charge is 0.497 e. The minimum Gasteiger partial charge on any atom is -0.497 e. The minimum absolute atomic E-state index is 0. The molecule has 0 saturated carbocycles. The first-order valence-electron chi connectivity index (χ1n) is 8.97. The Kier molecular flexibility index (Phi) is 6.50. The monoisotopic (exact) mass is 442 g/mol. The van der Waals surface area contributed by atoms with E-state index in [-0.39, 0.29) is 18.3 Å². The van der Waals surface area contributed by atoms with Crippen LogP contribution in [0.15, 0.2) is 67.0 Å². The number of amides is 1. The van der Waals surface area contributed by atoms with Gasteiger partial charge in [-0.1, -0.05) is 17.7 Å². The Morgan fingerprint density at radius 2 is 1.87 bits per heavy atom. The van der Waals surface area contributed by atoms with E-state index in [9.17, 15) is 4.79 Å². The summed E-state index contributed by atoms with van der Waals surface area (Å²) < 4.78 is 7.06. The van der Waals surface area contributed by atoms with Gasteiger partial charge in [-0.15, -0.1) is 12.4 Å². The number of pyridine rings is 1. The fourth-order valence-electron chi connectivity index (χ4n) is 3.16. The fourth-order valence-corrected chi connectivity index (χ4v) is 3.35. The lowest BCUT2D eigenvalue weighted by Crippen LogP contribution is -2.14.